The first kappa shape index (κ1) is 23.2. The van der Waals surface area contributed by atoms with Gasteiger partial charge < -0.3 is 5.32 Å². The number of anilines is 3. The van der Waals surface area contributed by atoms with E-state index in [1.165, 1.54) is 28.6 Å². The van der Waals surface area contributed by atoms with Gasteiger partial charge in [-0.2, -0.15) is 0 Å². The number of sulfonamides is 2. The van der Waals surface area contributed by atoms with Gasteiger partial charge in [-0.25, -0.2) is 21.1 Å². The van der Waals surface area contributed by atoms with Crippen LogP contribution in [-0.4, -0.2) is 47.2 Å². The highest BCUT2D eigenvalue weighted by Crippen LogP contribution is 2.36. The van der Waals surface area contributed by atoms with Crippen LogP contribution < -0.4 is 13.9 Å². The van der Waals surface area contributed by atoms with Crippen molar-refractivity contribution in [1.29, 1.82) is 0 Å². The molecule has 2 aliphatic rings. The van der Waals surface area contributed by atoms with E-state index in [2.05, 4.69) is 5.32 Å². The molecule has 11 heteroatoms. The molecule has 0 aliphatic carbocycles. The maximum Gasteiger partial charge on any atom is 0.255 e. The van der Waals surface area contributed by atoms with Crippen LogP contribution >= 0.6 is 0 Å². The van der Waals surface area contributed by atoms with E-state index in [9.17, 15) is 26.4 Å². The Kier molecular flexibility index (Phi) is 5.52. The van der Waals surface area contributed by atoms with Crippen molar-refractivity contribution in [2.45, 2.75) is 26.7 Å². The standard InChI is InChI=1S/C22H25N3O6S2/c1-22(2)14-33(30,31)25(21(22)27)18-10-7-16(8-11-18)20(26)23-17-9-6-15-5-4-12-24(19(15)13-17)32(3,28)29/h6-11,13H,4-5,12,14H2,1-3H3,(H,23,26). The highest BCUT2D eigenvalue weighted by molar-refractivity contribution is 7.94. The first-order valence-electron chi connectivity index (χ1n) is 10.4. The predicted octanol–water partition coefficient (Wildman–Crippen LogP) is 2.35. The van der Waals surface area contributed by atoms with E-state index >= 15 is 0 Å². The van der Waals surface area contributed by atoms with E-state index in [1.807, 2.05) is 0 Å². The van der Waals surface area contributed by atoms with Crippen LogP contribution in [0.2, 0.25) is 0 Å². The summed E-state index contributed by atoms with van der Waals surface area (Å²) >= 11 is 0. The summed E-state index contributed by atoms with van der Waals surface area (Å²) < 4.78 is 51.3. The Morgan fingerprint density at radius 1 is 1.09 bits per heavy atom. The van der Waals surface area contributed by atoms with Gasteiger partial charge in [0.1, 0.15) is 0 Å². The second-order valence-corrected chi connectivity index (χ2v) is 12.7. The van der Waals surface area contributed by atoms with E-state index in [0.29, 0.717) is 17.9 Å². The van der Waals surface area contributed by atoms with Crippen LogP contribution in [0.25, 0.3) is 0 Å². The Labute approximate surface area is 193 Å². The van der Waals surface area contributed by atoms with Gasteiger partial charge in [0.05, 0.1) is 28.8 Å². The zero-order valence-corrected chi connectivity index (χ0v) is 20.2. The van der Waals surface area contributed by atoms with Gasteiger partial charge in [0.25, 0.3) is 5.91 Å². The van der Waals surface area contributed by atoms with Crippen molar-refractivity contribution in [3.8, 4) is 0 Å². The van der Waals surface area contributed by atoms with Gasteiger partial charge in [-0.3, -0.25) is 13.9 Å². The molecule has 4 rings (SSSR count). The van der Waals surface area contributed by atoms with Crippen molar-refractivity contribution in [2.24, 2.45) is 5.41 Å². The van der Waals surface area contributed by atoms with Gasteiger partial charge in [0.15, 0.2) is 0 Å². The molecule has 0 radical (unpaired) electrons. The predicted molar refractivity (Wildman–Crippen MR) is 126 cm³/mol. The Balaban J connectivity index is 1.55. The number of hydrogen-bond donors (Lipinski definition) is 1. The molecule has 0 saturated carbocycles. The molecule has 0 unspecified atom stereocenters. The largest absolute Gasteiger partial charge is 0.322 e. The van der Waals surface area contributed by atoms with Gasteiger partial charge in [0, 0.05) is 17.8 Å². The fraction of sp³-hybridized carbons (Fsp3) is 0.364. The number of benzene rings is 2. The lowest BCUT2D eigenvalue weighted by Crippen LogP contribution is -2.34. The smallest absolute Gasteiger partial charge is 0.255 e. The normalized spacial score (nSPS) is 19.3. The first-order valence-corrected chi connectivity index (χ1v) is 13.8. The van der Waals surface area contributed by atoms with Crippen molar-refractivity contribution in [2.75, 3.05) is 32.5 Å². The van der Waals surface area contributed by atoms with Crippen LogP contribution in [0, 0.1) is 5.41 Å². The van der Waals surface area contributed by atoms with Crippen molar-refractivity contribution in [3.63, 3.8) is 0 Å². The summed E-state index contributed by atoms with van der Waals surface area (Å²) in [5.74, 6) is -1.23. The summed E-state index contributed by atoms with van der Waals surface area (Å²) in [7, 11) is -7.21. The molecule has 0 atom stereocenters. The maximum absolute atomic E-state index is 12.7. The van der Waals surface area contributed by atoms with Gasteiger partial charge in [-0.1, -0.05) is 6.07 Å². The molecule has 0 bridgehead atoms. The van der Waals surface area contributed by atoms with Gasteiger partial charge in [-0.05, 0) is 68.7 Å². The van der Waals surface area contributed by atoms with Gasteiger partial charge in [-0.15, -0.1) is 0 Å². The maximum atomic E-state index is 12.7. The van der Waals surface area contributed by atoms with E-state index in [0.717, 1.165) is 29.0 Å². The number of carbonyl (C=O) groups is 2. The lowest BCUT2D eigenvalue weighted by molar-refractivity contribution is -0.123. The molecule has 2 heterocycles. The number of amides is 2. The molecule has 33 heavy (non-hydrogen) atoms. The van der Waals surface area contributed by atoms with E-state index < -0.39 is 37.3 Å². The summed E-state index contributed by atoms with van der Waals surface area (Å²) in [5.41, 5.74) is 1.32. The molecule has 176 valence electrons. The first-order chi connectivity index (χ1) is 15.3. The van der Waals surface area contributed by atoms with Crippen molar-refractivity contribution in [3.05, 3.63) is 53.6 Å². The minimum absolute atomic E-state index is 0.180. The van der Waals surface area contributed by atoms with E-state index in [4.69, 9.17) is 0 Å². The second-order valence-electron chi connectivity index (χ2n) is 8.99. The minimum atomic E-state index is -3.78. The Morgan fingerprint density at radius 2 is 1.76 bits per heavy atom. The summed E-state index contributed by atoms with van der Waals surface area (Å²) in [6, 6.07) is 10.9. The molecule has 2 amide bonds. The lowest BCUT2D eigenvalue weighted by Gasteiger charge is -2.29. The summed E-state index contributed by atoms with van der Waals surface area (Å²) in [6.07, 6.45) is 2.64. The molecule has 1 fully saturated rings. The number of rotatable bonds is 4. The molecule has 2 aromatic carbocycles. The number of hydrogen-bond acceptors (Lipinski definition) is 6. The average Bonchev–Trinajstić information content (AvgIpc) is 2.89. The third kappa shape index (κ3) is 4.34. The van der Waals surface area contributed by atoms with Crippen LogP contribution in [0.15, 0.2) is 42.5 Å². The molecule has 9 nitrogen and oxygen atoms in total. The topological polar surface area (TPSA) is 121 Å². The Hall–Kier alpha value is -2.92. The fourth-order valence-corrected chi connectivity index (χ4v) is 7.27. The zero-order chi connectivity index (χ0) is 24.2. The molecule has 0 aromatic heterocycles. The fourth-order valence-electron chi connectivity index (χ4n) is 4.18. The third-order valence-corrected chi connectivity index (χ3v) is 8.97. The van der Waals surface area contributed by atoms with E-state index in [-0.39, 0.29) is 17.0 Å². The summed E-state index contributed by atoms with van der Waals surface area (Å²) in [4.78, 5) is 25.3. The highest BCUT2D eigenvalue weighted by Gasteiger charge is 2.49. The molecular formula is C22H25N3O6S2. The van der Waals surface area contributed by atoms with E-state index in [1.54, 1.807) is 32.0 Å². The Morgan fingerprint density at radius 3 is 2.33 bits per heavy atom. The number of nitrogens with one attached hydrogen (secondary N) is 1. The van der Waals surface area contributed by atoms with Crippen LogP contribution in [-0.2, 0) is 31.3 Å². The SMILES string of the molecule is CC1(C)CS(=O)(=O)N(c2ccc(C(=O)Nc3ccc4c(c3)N(S(C)(=O)=O)CCC4)cc2)C1=O. The monoisotopic (exact) mass is 491 g/mol. The molecule has 1 saturated heterocycles. The number of aryl methyl sites for hydroxylation is 1. The number of fused-ring (bicyclic) bond motifs is 1. The molecule has 0 spiro atoms. The average molecular weight is 492 g/mol. The van der Waals surface area contributed by atoms with Crippen LogP contribution in [0.3, 0.4) is 0 Å². The quantitative estimate of drug-likeness (QED) is 0.701. The van der Waals surface area contributed by atoms with Crippen LogP contribution in [0.4, 0.5) is 17.1 Å². The Bertz CT molecular complexity index is 1350. The van der Waals surface area contributed by atoms with Gasteiger partial charge in [0.2, 0.25) is 26.0 Å². The van der Waals surface area contributed by atoms with Gasteiger partial charge >= 0.3 is 0 Å². The van der Waals surface area contributed by atoms with Crippen molar-refractivity contribution in [1.82, 2.24) is 0 Å². The van der Waals surface area contributed by atoms with Crippen LogP contribution in [0.5, 0.6) is 0 Å². The molecule has 2 aliphatic heterocycles. The molecule has 2 aromatic rings. The number of carbonyl (C=O) groups excluding carboxylic acids is 2. The zero-order valence-electron chi connectivity index (χ0n) is 18.5. The third-order valence-electron chi connectivity index (χ3n) is 5.77. The van der Waals surface area contributed by atoms with Crippen molar-refractivity contribution >= 4 is 48.9 Å². The summed E-state index contributed by atoms with van der Waals surface area (Å²) in [6.45, 7) is 3.55. The van der Waals surface area contributed by atoms with Crippen molar-refractivity contribution < 1.29 is 26.4 Å². The number of nitrogens with zero attached hydrogens (tertiary/aromatic N) is 2. The minimum Gasteiger partial charge on any atom is -0.322 e. The lowest BCUT2D eigenvalue weighted by atomic mass is 9.95. The molecular weight excluding hydrogens is 466 g/mol. The van der Waals surface area contributed by atoms with Crippen LogP contribution in [0.1, 0.15) is 36.2 Å². The summed E-state index contributed by atoms with van der Waals surface area (Å²) in [5, 5.41) is 2.75. The highest BCUT2D eigenvalue weighted by atomic mass is 32.2. The second kappa shape index (κ2) is 7.84. The molecule has 1 N–H and O–H groups in total.